The van der Waals surface area contributed by atoms with Gasteiger partial charge in [-0.3, -0.25) is 0 Å². The molecule has 0 radical (unpaired) electrons. The van der Waals surface area contributed by atoms with Crippen LogP contribution in [-0.2, 0) is 15.9 Å². The van der Waals surface area contributed by atoms with E-state index in [1.165, 1.54) is 31.7 Å². The van der Waals surface area contributed by atoms with E-state index in [0.717, 1.165) is 43.2 Å². The molecule has 3 aromatic rings. The molecule has 0 N–H and O–H groups in total. The molecule has 0 spiro atoms. The number of aryl methyl sites for hydroxylation is 1. The molecular weight excluding hydrogens is 497 g/mol. The quantitative estimate of drug-likeness (QED) is 0.202. The second-order valence-corrected chi connectivity index (χ2v) is 10.7. The molecule has 0 amide bonds. The minimum atomic E-state index is -0.809. The number of halogens is 3. The Morgan fingerprint density at radius 3 is 1.97 bits per heavy atom. The van der Waals surface area contributed by atoms with Gasteiger partial charge in [0.1, 0.15) is 5.82 Å². The average Bonchev–Trinajstić information content (AvgIpc) is 2.95. The van der Waals surface area contributed by atoms with E-state index in [9.17, 15) is 8.78 Å². The van der Waals surface area contributed by atoms with E-state index < -0.39 is 11.6 Å². The second kappa shape index (κ2) is 14.7. The zero-order valence-electron chi connectivity index (χ0n) is 23.3. The zero-order chi connectivity index (χ0) is 27.6. The van der Waals surface area contributed by atoms with Gasteiger partial charge in [0.2, 0.25) is 0 Å². The van der Waals surface area contributed by atoms with Crippen LogP contribution in [0.2, 0.25) is 0 Å². The summed E-state index contributed by atoms with van der Waals surface area (Å²) in [5.41, 5.74) is 3.38. The number of rotatable bonds is 13. The minimum Gasteiger partial charge on any atom is -0.352 e. The van der Waals surface area contributed by atoms with Crippen molar-refractivity contribution in [3.8, 4) is 22.3 Å². The Hall–Kier alpha value is -2.63. The Labute approximate surface area is 231 Å². The monoisotopic (exact) mass is 538 g/mol. The number of hydrogen-bond donors (Lipinski definition) is 0. The van der Waals surface area contributed by atoms with Crippen molar-refractivity contribution in [2.45, 2.75) is 90.3 Å². The summed E-state index contributed by atoms with van der Waals surface area (Å²) >= 11 is 0. The summed E-state index contributed by atoms with van der Waals surface area (Å²) in [6, 6.07) is 15.7. The van der Waals surface area contributed by atoms with Crippen LogP contribution in [-0.4, -0.2) is 19.5 Å². The van der Waals surface area contributed by atoms with Crippen molar-refractivity contribution in [2.24, 2.45) is 0 Å². The van der Waals surface area contributed by atoms with Gasteiger partial charge in [-0.05, 0) is 53.1 Å². The van der Waals surface area contributed by atoms with Gasteiger partial charge < -0.3 is 9.47 Å². The molecule has 0 unspecified atom stereocenters. The molecule has 1 aliphatic rings. The smallest absolute Gasteiger partial charge is 0.166 e. The van der Waals surface area contributed by atoms with Gasteiger partial charge in [-0.15, -0.1) is 0 Å². The summed E-state index contributed by atoms with van der Waals surface area (Å²) in [7, 11) is 0. The van der Waals surface area contributed by atoms with E-state index in [1.807, 2.05) is 18.2 Å². The fourth-order valence-corrected chi connectivity index (χ4v) is 5.28. The van der Waals surface area contributed by atoms with Crippen LogP contribution in [0, 0.1) is 17.5 Å². The normalized spacial score (nSPS) is 17.5. The van der Waals surface area contributed by atoms with E-state index in [4.69, 9.17) is 9.47 Å². The van der Waals surface area contributed by atoms with Crippen LogP contribution in [0.25, 0.3) is 22.3 Å². The van der Waals surface area contributed by atoms with Crippen molar-refractivity contribution >= 4 is 0 Å². The van der Waals surface area contributed by atoms with Gasteiger partial charge in [-0.25, -0.2) is 13.2 Å². The van der Waals surface area contributed by atoms with Gasteiger partial charge in [0.15, 0.2) is 17.9 Å². The van der Waals surface area contributed by atoms with Crippen LogP contribution >= 0.6 is 0 Å². The molecule has 39 heavy (non-hydrogen) atoms. The van der Waals surface area contributed by atoms with E-state index in [1.54, 1.807) is 30.3 Å². The highest BCUT2D eigenvalue weighted by Crippen LogP contribution is 2.32. The van der Waals surface area contributed by atoms with Gasteiger partial charge in [0.25, 0.3) is 0 Å². The number of benzene rings is 3. The van der Waals surface area contributed by atoms with Crippen LogP contribution in [0.15, 0.2) is 54.6 Å². The van der Waals surface area contributed by atoms with Gasteiger partial charge >= 0.3 is 0 Å². The van der Waals surface area contributed by atoms with Crippen molar-refractivity contribution in [2.75, 3.05) is 13.2 Å². The Bertz CT molecular complexity index is 1180. The first kappa shape index (κ1) is 29.4. The average molecular weight is 539 g/mol. The summed E-state index contributed by atoms with van der Waals surface area (Å²) in [5, 5.41) is 0. The molecule has 4 rings (SSSR count). The highest BCUT2D eigenvalue weighted by Gasteiger charge is 2.25. The lowest BCUT2D eigenvalue weighted by atomic mass is 9.94. The maximum absolute atomic E-state index is 15.0. The minimum absolute atomic E-state index is 0.138. The van der Waals surface area contributed by atoms with Crippen molar-refractivity contribution in [3.05, 3.63) is 83.2 Å². The van der Waals surface area contributed by atoms with Crippen LogP contribution in [0.1, 0.15) is 88.7 Å². The molecule has 0 aromatic heterocycles. The highest BCUT2D eigenvalue weighted by molar-refractivity contribution is 5.71. The summed E-state index contributed by atoms with van der Waals surface area (Å²) in [5.74, 6) is -2.00. The molecule has 2 nitrogen and oxygen atoms in total. The van der Waals surface area contributed by atoms with Crippen LogP contribution in [0.4, 0.5) is 13.2 Å². The highest BCUT2D eigenvalue weighted by atomic mass is 19.2. The molecule has 1 aliphatic heterocycles. The van der Waals surface area contributed by atoms with Crippen LogP contribution in [0.5, 0.6) is 0 Å². The molecule has 210 valence electrons. The topological polar surface area (TPSA) is 18.5 Å². The maximum atomic E-state index is 15.0. The second-order valence-electron chi connectivity index (χ2n) is 10.7. The molecule has 5 heteroatoms. The SMILES string of the molecule is CCCCCCCCCc1ccc(-c2ccc(-c3ccc(C4COC(CCC)OC4)c(F)c3)cc2)c(F)c1F. The molecule has 1 fully saturated rings. The molecule has 0 bridgehead atoms. The standard InChI is InChI=1S/C34H41F3O2/c1-3-5-6-7-8-9-10-12-26-17-20-30(34(37)33(26)36)25-15-13-24(14-16-25)27-18-19-29(31(35)21-27)28-22-38-32(11-4-2)39-23-28/h13-21,28,32H,3-12,22-23H2,1-2H3. The van der Waals surface area contributed by atoms with Gasteiger partial charge in [-0.1, -0.05) is 107 Å². The predicted octanol–water partition coefficient (Wildman–Crippen LogP) is 9.99. The van der Waals surface area contributed by atoms with Crippen molar-refractivity contribution < 1.29 is 22.6 Å². The van der Waals surface area contributed by atoms with Crippen molar-refractivity contribution in [1.29, 1.82) is 0 Å². The van der Waals surface area contributed by atoms with E-state index in [2.05, 4.69) is 13.8 Å². The number of unbranched alkanes of at least 4 members (excludes halogenated alkanes) is 6. The third-order valence-corrected chi connectivity index (χ3v) is 7.67. The van der Waals surface area contributed by atoms with Crippen LogP contribution < -0.4 is 0 Å². The zero-order valence-corrected chi connectivity index (χ0v) is 23.3. The molecule has 0 atom stereocenters. The molecule has 1 heterocycles. The lowest BCUT2D eigenvalue weighted by Gasteiger charge is -2.29. The number of hydrogen-bond acceptors (Lipinski definition) is 2. The summed E-state index contributed by atoms with van der Waals surface area (Å²) in [6.45, 7) is 5.15. The van der Waals surface area contributed by atoms with E-state index in [0.29, 0.717) is 36.3 Å². The van der Waals surface area contributed by atoms with E-state index in [-0.39, 0.29) is 23.6 Å². The predicted molar refractivity (Wildman–Crippen MR) is 152 cm³/mol. The van der Waals surface area contributed by atoms with Gasteiger partial charge in [-0.2, -0.15) is 0 Å². The van der Waals surface area contributed by atoms with Gasteiger partial charge in [0, 0.05) is 11.5 Å². The molecule has 0 aliphatic carbocycles. The molecule has 0 saturated carbocycles. The summed E-state index contributed by atoms with van der Waals surface area (Å²) < 4.78 is 56.3. The first-order valence-corrected chi connectivity index (χ1v) is 14.6. The first-order valence-electron chi connectivity index (χ1n) is 14.6. The molecular formula is C34H41F3O2. The Balaban J connectivity index is 1.38. The van der Waals surface area contributed by atoms with Crippen molar-refractivity contribution in [3.63, 3.8) is 0 Å². The first-order chi connectivity index (χ1) is 19.0. The Kier molecular flexibility index (Phi) is 11.0. The number of ether oxygens (including phenoxy) is 2. The maximum Gasteiger partial charge on any atom is 0.166 e. The Morgan fingerprint density at radius 2 is 1.31 bits per heavy atom. The molecule has 1 saturated heterocycles. The fraction of sp³-hybridized carbons (Fsp3) is 0.471. The lowest BCUT2D eigenvalue weighted by molar-refractivity contribution is -0.190. The molecule has 3 aromatic carbocycles. The Morgan fingerprint density at radius 1 is 0.667 bits per heavy atom. The summed E-state index contributed by atoms with van der Waals surface area (Å²) in [4.78, 5) is 0. The van der Waals surface area contributed by atoms with E-state index >= 15 is 4.39 Å². The van der Waals surface area contributed by atoms with Crippen molar-refractivity contribution in [1.82, 2.24) is 0 Å². The largest absolute Gasteiger partial charge is 0.352 e. The van der Waals surface area contributed by atoms with Gasteiger partial charge in [0.05, 0.1) is 13.2 Å². The third-order valence-electron chi connectivity index (χ3n) is 7.67. The third kappa shape index (κ3) is 7.73. The lowest BCUT2D eigenvalue weighted by Crippen LogP contribution is -2.31. The summed E-state index contributed by atoms with van der Waals surface area (Å²) in [6.07, 6.45) is 10.1. The van der Waals surface area contributed by atoms with Crippen LogP contribution in [0.3, 0.4) is 0 Å². The fourth-order valence-electron chi connectivity index (χ4n) is 5.28.